The molecule has 3 nitrogen and oxygen atoms in total. The van der Waals surface area contributed by atoms with Gasteiger partial charge in [0.05, 0.1) is 6.10 Å². The molecule has 0 aliphatic carbocycles. The van der Waals surface area contributed by atoms with Gasteiger partial charge in [0.15, 0.2) is 0 Å². The summed E-state index contributed by atoms with van der Waals surface area (Å²) in [4.78, 5) is 0. The molecule has 1 rings (SSSR count). The van der Waals surface area contributed by atoms with Crippen molar-refractivity contribution in [3.8, 4) is 5.75 Å². The lowest BCUT2D eigenvalue weighted by molar-refractivity contribution is 0.0604. The molecule has 3 unspecified atom stereocenters. The van der Waals surface area contributed by atoms with E-state index in [1.165, 1.54) is 5.56 Å². The molecule has 0 bridgehead atoms. The van der Waals surface area contributed by atoms with Gasteiger partial charge in [0.25, 0.3) is 0 Å². The largest absolute Gasteiger partial charge is 0.488 e. The van der Waals surface area contributed by atoms with E-state index < -0.39 is 6.10 Å². The number of likely N-dealkylation sites (N-methyl/N-ethyl adjacent to an activating group) is 1. The van der Waals surface area contributed by atoms with Gasteiger partial charge in [0.1, 0.15) is 11.9 Å². The van der Waals surface area contributed by atoms with Crippen molar-refractivity contribution in [1.29, 1.82) is 0 Å². The molecule has 0 fully saturated rings. The van der Waals surface area contributed by atoms with Crippen LogP contribution in [0.3, 0.4) is 0 Å². The molecule has 18 heavy (non-hydrogen) atoms. The molecule has 0 heterocycles. The van der Waals surface area contributed by atoms with Crippen LogP contribution in [0, 0.1) is 0 Å². The number of aliphatic hydroxyl groups excluding tert-OH is 1. The van der Waals surface area contributed by atoms with Gasteiger partial charge in [0, 0.05) is 6.04 Å². The predicted molar refractivity (Wildman–Crippen MR) is 75.1 cm³/mol. The molecule has 0 saturated carbocycles. The van der Waals surface area contributed by atoms with Gasteiger partial charge in [-0.05, 0) is 51.4 Å². The van der Waals surface area contributed by atoms with Crippen molar-refractivity contribution in [3.05, 3.63) is 29.8 Å². The van der Waals surface area contributed by atoms with E-state index in [9.17, 15) is 5.11 Å². The Morgan fingerprint density at radius 2 is 1.78 bits per heavy atom. The van der Waals surface area contributed by atoms with Gasteiger partial charge in [-0.2, -0.15) is 0 Å². The molecule has 0 aliphatic heterocycles. The highest BCUT2D eigenvalue weighted by Gasteiger charge is 2.10. The van der Waals surface area contributed by atoms with Crippen LogP contribution >= 0.6 is 0 Å². The minimum Gasteiger partial charge on any atom is -0.488 e. The second kappa shape index (κ2) is 7.39. The van der Waals surface area contributed by atoms with Crippen LogP contribution in [-0.2, 0) is 6.42 Å². The highest BCUT2D eigenvalue weighted by molar-refractivity contribution is 5.28. The second-order valence-electron chi connectivity index (χ2n) is 4.87. The lowest BCUT2D eigenvalue weighted by Crippen LogP contribution is -2.27. The number of nitrogens with one attached hydrogen (secondary N) is 1. The zero-order valence-electron chi connectivity index (χ0n) is 11.8. The maximum Gasteiger partial charge on any atom is 0.121 e. The smallest absolute Gasteiger partial charge is 0.121 e. The van der Waals surface area contributed by atoms with Crippen LogP contribution in [0.4, 0.5) is 0 Å². The van der Waals surface area contributed by atoms with Crippen molar-refractivity contribution in [3.63, 3.8) is 0 Å². The molecule has 3 atom stereocenters. The number of rotatable bonds is 7. The van der Waals surface area contributed by atoms with Crippen molar-refractivity contribution in [2.45, 2.75) is 52.4 Å². The van der Waals surface area contributed by atoms with Gasteiger partial charge in [-0.3, -0.25) is 0 Å². The summed E-state index contributed by atoms with van der Waals surface area (Å²) < 4.78 is 5.62. The van der Waals surface area contributed by atoms with Gasteiger partial charge >= 0.3 is 0 Å². The van der Waals surface area contributed by atoms with E-state index in [0.717, 1.165) is 18.7 Å². The van der Waals surface area contributed by atoms with Gasteiger partial charge in [0.2, 0.25) is 0 Å². The third kappa shape index (κ3) is 5.07. The molecule has 0 aromatic heterocycles. The summed E-state index contributed by atoms with van der Waals surface area (Å²) in [6, 6.07) is 8.58. The quantitative estimate of drug-likeness (QED) is 0.782. The van der Waals surface area contributed by atoms with Crippen LogP contribution in [0.1, 0.15) is 33.3 Å². The number of hydrogen-bond acceptors (Lipinski definition) is 3. The summed E-state index contributed by atoms with van der Waals surface area (Å²) in [5.74, 6) is 0.809. The van der Waals surface area contributed by atoms with Crippen molar-refractivity contribution in [2.75, 3.05) is 6.54 Å². The molecule has 2 N–H and O–H groups in total. The van der Waals surface area contributed by atoms with E-state index in [1.54, 1.807) is 6.92 Å². The average molecular weight is 251 g/mol. The lowest BCUT2D eigenvalue weighted by atomic mass is 10.1. The minimum atomic E-state index is -0.460. The fourth-order valence-corrected chi connectivity index (χ4v) is 1.79. The fraction of sp³-hybridized carbons (Fsp3) is 0.600. The molecule has 102 valence electrons. The summed E-state index contributed by atoms with van der Waals surface area (Å²) in [7, 11) is 0. The molecule has 0 spiro atoms. The first kappa shape index (κ1) is 15.0. The Morgan fingerprint density at radius 1 is 1.17 bits per heavy atom. The van der Waals surface area contributed by atoms with Crippen molar-refractivity contribution < 1.29 is 9.84 Å². The topological polar surface area (TPSA) is 41.5 Å². The Labute approximate surface area is 110 Å². The summed E-state index contributed by atoms with van der Waals surface area (Å²) >= 11 is 0. The van der Waals surface area contributed by atoms with Crippen LogP contribution in [-0.4, -0.2) is 29.9 Å². The summed E-state index contributed by atoms with van der Waals surface area (Å²) in [5, 5.41) is 12.8. The highest BCUT2D eigenvalue weighted by Crippen LogP contribution is 2.16. The van der Waals surface area contributed by atoms with E-state index in [-0.39, 0.29) is 6.10 Å². The maximum atomic E-state index is 9.38. The molecule has 0 amide bonds. The van der Waals surface area contributed by atoms with E-state index >= 15 is 0 Å². The summed E-state index contributed by atoms with van der Waals surface area (Å²) in [5.41, 5.74) is 1.29. The molecule has 3 heteroatoms. The fourth-order valence-electron chi connectivity index (χ4n) is 1.79. The van der Waals surface area contributed by atoms with Crippen LogP contribution in [0.15, 0.2) is 24.3 Å². The number of benzene rings is 1. The predicted octanol–water partition coefficient (Wildman–Crippen LogP) is 2.38. The SMILES string of the molecule is CCNC(C)Cc1ccc(OC(C)C(C)O)cc1. The third-order valence-corrected chi connectivity index (χ3v) is 3.02. The molecule has 1 aromatic rings. The summed E-state index contributed by atoms with van der Waals surface area (Å²) in [6.07, 6.45) is 0.370. The monoisotopic (exact) mass is 251 g/mol. The van der Waals surface area contributed by atoms with E-state index in [1.807, 2.05) is 19.1 Å². The van der Waals surface area contributed by atoms with Crippen LogP contribution in [0.25, 0.3) is 0 Å². The third-order valence-electron chi connectivity index (χ3n) is 3.02. The molecular formula is C15H25NO2. The maximum absolute atomic E-state index is 9.38. The second-order valence-corrected chi connectivity index (χ2v) is 4.87. The Morgan fingerprint density at radius 3 is 2.28 bits per heavy atom. The van der Waals surface area contributed by atoms with Gasteiger partial charge in [-0.25, -0.2) is 0 Å². The Hall–Kier alpha value is -1.06. The Bertz CT molecular complexity index is 335. The summed E-state index contributed by atoms with van der Waals surface area (Å²) in [6.45, 7) is 8.89. The average Bonchev–Trinajstić information content (AvgIpc) is 2.31. The van der Waals surface area contributed by atoms with Gasteiger partial charge in [-0.15, -0.1) is 0 Å². The van der Waals surface area contributed by atoms with Crippen molar-refractivity contribution in [2.24, 2.45) is 0 Å². The zero-order chi connectivity index (χ0) is 13.5. The van der Waals surface area contributed by atoms with E-state index in [0.29, 0.717) is 6.04 Å². The van der Waals surface area contributed by atoms with Gasteiger partial charge < -0.3 is 15.2 Å². The van der Waals surface area contributed by atoms with E-state index in [4.69, 9.17) is 4.74 Å². The highest BCUT2D eigenvalue weighted by atomic mass is 16.5. The zero-order valence-corrected chi connectivity index (χ0v) is 11.8. The van der Waals surface area contributed by atoms with Crippen molar-refractivity contribution >= 4 is 0 Å². The number of hydrogen-bond donors (Lipinski definition) is 2. The molecule has 1 aromatic carbocycles. The lowest BCUT2D eigenvalue weighted by Gasteiger charge is -2.17. The minimum absolute atomic E-state index is 0.184. The number of ether oxygens (including phenoxy) is 1. The van der Waals surface area contributed by atoms with Gasteiger partial charge in [-0.1, -0.05) is 19.1 Å². The molecule has 0 radical (unpaired) electrons. The van der Waals surface area contributed by atoms with Crippen LogP contribution in [0.5, 0.6) is 5.75 Å². The Balaban J connectivity index is 2.52. The normalized spacial score (nSPS) is 16.1. The van der Waals surface area contributed by atoms with E-state index in [2.05, 4.69) is 31.3 Å². The Kier molecular flexibility index (Phi) is 6.16. The van der Waals surface area contributed by atoms with Crippen molar-refractivity contribution in [1.82, 2.24) is 5.32 Å². The molecular weight excluding hydrogens is 226 g/mol. The first-order chi connectivity index (χ1) is 8.52. The first-order valence-electron chi connectivity index (χ1n) is 6.70. The van der Waals surface area contributed by atoms with Crippen LogP contribution < -0.4 is 10.1 Å². The van der Waals surface area contributed by atoms with Crippen LogP contribution in [0.2, 0.25) is 0 Å². The molecule has 0 saturated heterocycles. The number of aliphatic hydroxyl groups is 1. The molecule has 0 aliphatic rings. The standard InChI is InChI=1S/C15H25NO2/c1-5-16-11(2)10-14-6-8-15(9-7-14)18-13(4)12(3)17/h6-9,11-13,16-17H,5,10H2,1-4H3. The first-order valence-corrected chi connectivity index (χ1v) is 6.70.